The largest absolute Gasteiger partial charge is 0.503 e. The quantitative estimate of drug-likeness (QED) is 0.162. The first kappa shape index (κ1) is 42.8. The number of nitrogens with zero attached hydrogens (tertiary/aromatic N) is 4. The third-order valence-electron chi connectivity index (χ3n) is 14.4. The Bertz CT molecular complexity index is 3030. The van der Waals surface area contributed by atoms with Crippen molar-refractivity contribution in [3.05, 3.63) is 172 Å². The highest BCUT2D eigenvalue weighted by Gasteiger charge is 2.63. The van der Waals surface area contributed by atoms with Gasteiger partial charge in [0.2, 0.25) is 10.9 Å². The number of carbonyl (C=O) groups excluding carboxylic acids is 2. The lowest BCUT2D eigenvalue weighted by Gasteiger charge is -2.33. The molecule has 4 aliphatic heterocycles. The van der Waals surface area contributed by atoms with Gasteiger partial charge in [0.05, 0.1) is 45.8 Å². The molecule has 12 nitrogen and oxygen atoms in total. The van der Waals surface area contributed by atoms with Crippen molar-refractivity contribution in [3.8, 4) is 11.5 Å². The van der Waals surface area contributed by atoms with Gasteiger partial charge >= 0.3 is 0 Å². The molecule has 12 rings (SSSR count). The van der Waals surface area contributed by atoms with Gasteiger partial charge in [-0.3, -0.25) is 19.2 Å². The van der Waals surface area contributed by atoms with E-state index in [4.69, 9.17) is 37.4 Å². The molecular formula is C50H44Cl2F2N4O8. The van der Waals surface area contributed by atoms with Crippen LogP contribution in [0.1, 0.15) is 92.3 Å². The van der Waals surface area contributed by atoms with Gasteiger partial charge in [-0.2, -0.15) is 0 Å². The molecule has 2 amide bonds. The molecule has 3 aromatic carbocycles. The van der Waals surface area contributed by atoms with E-state index in [1.807, 2.05) is 47.1 Å². The lowest BCUT2D eigenvalue weighted by Crippen LogP contribution is -2.43. The fourth-order valence-corrected chi connectivity index (χ4v) is 11.6. The first-order valence-corrected chi connectivity index (χ1v) is 23.0. The smallest absolute Gasteiger partial charge is 0.274 e. The van der Waals surface area contributed by atoms with Crippen molar-refractivity contribution in [2.75, 3.05) is 13.1 Å². The molecule has 0 radical (unpaired) electrons. The number of carbonyl (C=O) groups is 2. The number of rotatable bonds is 7. The highest BCUT2D eigenvalue weighted by molar-refractivity contribution is 6.31. The Kier molecular flexibility index (Phi) is 10.5. The Morgan fingerprint density at radius 3 is 1.94 bits per heavy atom. The van der Waals surface area contributed by atoms with Crippen LogP contribution in [-0.2, 0) is 66.7 Å². The predicted molar refractivity (Wildman–Crippen MR) is 238 cm³/mol. The number of hydrogen-bond acceptors (Lipinski definition) is 8. The van der Waals surface area contributed by atoms with Gasteiger partial charge in [0, 0.05) is 39.3 Å². The number of hydrogen-bond donors (Lipinski definition) is 1. The summed E-state index contributed by atoms with van der Waals surface area (Å²) in [7, 11) is 0. The Balaban J connectivity index is 0.000000148. The molecule has 2 fully saturated rings. The van der Waals surface area contributed by atoms with Crippen LogP contribution in [0.15, 0.2) is 88.5 Å². The van der Waals surface area contributed by atoms with Crippen molar-refractivity contribution in [1.82, 2.24) is 18.9 Å². The Morgan fingerprint density at radius 1 is 0.727 bits per heavy atom. The molecule has 1 N–H and O–H groups in total. The molecule has 2 saturated carbocycles. The number of benzene rings is 3. The zero-order valence-electron chi connectivity index (χ0n) is 35.7. The van der Waals surface area contributed by atoms with Crippen LogP contribution >= 0.6 is 23.2 Å². The van der Waals surface area contributed by atoms with Crippen molar-refractivity contribution in [1.29, 1.82) is 0 Å². The van der Waals surface area contributed by atoms with E-state index in [1.165, 1.54) is 24.3 Å². The van der Waals surface area contributed by atoms with Crippen molar-refractivity contribution < 1.29 is 37.7 Å². The minimum absolute atomic E-state index is 0.00495. The van der Waals surface area contributed by atoms with Crippen LogP contribution in [0.25, 0.3) is 0 Å². The second-order valence-corrected chi connectivity index (χ2v) is 19.0. The van der Waals surface area contributed by atoms with Gasteiger partial charge in [-0.1, -0.05) is 77.8 Å². The van der Waals surface area contributed by atoms with E-state index in [1.54, 1.807) is 26.5 Å². The summed E-state index contributed by atoms with van der Waals surface area (Å²) in [5.74, 6) is -1.24. The van der Waals surface area contributed by atoms with Crippen molar-refractivity contribution in [2.24, 2.45) is 11.8 Å². The summed E-state index contributed by atoms with van der Waals surface area (Å²) in [5.41, 5.74) is 3.05. The molecular weight excluding hydrogens is 893 g/mol. The molecule has 66 heavy (non-hydrogen) atoms. The van der Waals surface area contributed by atoms with Gasteiger partial charge in [0.1, 0.15) is 29.4 Å². The van der Waals surface area contributed by atoms with Crippen LogP contribution in [-0.4, -0.2) is 48.9 Å². The summed E-state index contributed by atoms with van der Waals surface area (Å²) < 4.78 is 49.3. The normalized spacial score (nSPS) is 24.0. The third-order valence-corrected chi connectivity index (χ3v) is 15.0. The average Bonchev–Trinajstić information content (AvgIpc) is 3.61. The molecule has 2 aromatic heterocycles. The lowest BCUT2D eigenvalue weighted by molar-refractivity contribution is -0.0512. The standard InChI is InChI=1S/C28H24ClFN2O4.C22H20ClFN2O4/c29-20-14-19(8-9-21(20)30)15-31-12-13-32-22-17-36-28(10-4-5-11-28)23(22)25(33)26(24(32)27(31)34)35-16-18-6-2-1-3-7-18;23-14-7-11(1-2-15(14)24)9-25-5-6-26-16-10-30-22(4-3-12-8-13(12)22)17(16)19(27)20(28)18(26)21(25)29/h1-4,6-10,14H,5,11-13,15-17H2;1-2,7,12-13,28H,3-6,8-10H2. The van der Waals surface area contributed by atoms with Gasteiger partial charge in [-0.15, -0.1) is 0 Å². The average molecular weight is 938 g/mol. The number of ether oxygens (including phenoxy) is 3. The number of pyridine rings is 2. The number of allylic oxidation sites excluding steroid dienone is 1. The maximum absolute atomic E-state index is 13.9. The monoisotopic (exact) mass is 936 g/mol. The molecule has 16 heteroatoms. The number of aromatic hydroxyl groups is 1. The molecule has 4 unspecified atom stereocenters. The number of amides is 2. The Hall–Kier alpha value is -5.80. The first-order valence-electron chi connectivity index (χ1n) is 22.3. The molecule has 7 aliphatic rings. The number of halogens is 4. The summed E-state index contributed by atoms with van der Waals surface area (Å²) in [6.07, 6.45) is 8.42. The van der Waals surface area contributed by atoms with Gasteiger partial charge in [0.15, 0.2) is 22.9 Å². The highest BCUT2D eigenvalue weighted by Crippen LogP contribution is 2.65. The van der Waals surface area contributed by atoms with Crippen LogP contribution in [0.4, 0.5) is 8.78 Å². The summed E-state index contributed by atoms with van der Waals surface area (Å²) >= 11 is 11.8. The van der Waals surface area contributed by atoms with Gasteiger partial charge in [-0.25, -0.2) is 8.78 Å². The number of fused-ring (bicyclic) bond motifs is 10. The van der Waals surface area contributed by atoms with E-state index >= 15 is 0 Å². The second-order valence-electron chi connectivity index (χ2n) is 18.1. The Labute approximate surface area is 387 Å². The molecule has 340 valence electrons. The van der Waals surface area contributed by atoms with E-state index in [2.05, 4.69) is 0 Å². The SMILES string of the molecule is O=C1c2c(O)c(=O)c3c(n2CCN1Cc1ccc(F)c(Cl)c1)COC31CCC2CC21.O=C1c2c(OCc3ccccc3)c(=O)c3c(n2CCN1Cc1ccc(F)c(Cl)c1)COC31C=CCC1. The van der Waals surface area contributed by atoms with E-state index in [9.17, 15) is 33.1 Å². The van der Waals surface area contributed by atoms with Gasteiger partial charge < -0.3 is 38.3 Å². The zero-order chi connectivity index (χ0) is 45.6. The van der Waals surface area contributed by atoms with E-state index in [0.29, 0.717) is 73.3 Å². The lowest BCUT2D eigenvalue weighted by atomic mass is 9.88. The van der Waals surface area contributed by atoms with E-state index < -0.39 is 39.9 Å². The maximum Gasteiger partial charge on any atom is 0.274 e. The minimum Gasteiger partial charge on any atom is -0.503 e. The summed E-state index contributed by atoms with van der Waals surface area (Å²) in [6.45, 7) is 2.96. The summed E-state index contributed by atoms with van der Waals surface area (Å²) in [4.78, 5) is 57.3. The van der Waals surface area contributed by atoms with E-state index in [0.717, 1.165) is 42.6 Å². The van der Waals surface area contributed by atoms with Crippen LogP contribution in [0.2, 0.25) is 10.0 Å². The fraction of sp³-hybridized carbons (Fsp3) is 0.360. The fourth-order valence-electron chi connectivity index (χ4n) is 11.2. The van der Waals surface area contributed by atoms with Crippen molar-refractivity contribution in [3.63, 3.8) is 0 Å². The topological polar surface area (TPSA) is 133 Å². The van der Waals surface area contributed by atoms with Crippen molar-refractivity contribution in [2.45, 2.75) is 89.3 Å². The first-order chi connectivity index (χ1) is 31.9. The highest BCUT2D eigenvalue weighted by atomic mass is 35.5. The van der Waals surface area contributed by atoms with Crippen LogP contribution in [0.3, 0.4) is 0 Å². The van der Waals surface area contributed by atoms with E-state index in [-0.39, 0.29) is 64.8 Å². The summed E-state index contributed by atoms with van der Waals surface area (Å²) in [6, 6.07) is 18.3. The molecule has 5 aromatic rings. The second kappa shape index (κ2) is 16.2. The number of aromatic nitrogens is 2. The molecule has 3 aliphatic carbocycles. The summed E-state index contributed by atoms with van der Waals surface area (Å²) in [5, 5.41) is 10.8. The van der Waals surface area contributed by atoms with Crippen LogP contribution in [0.5, 0.6) is 11.5 Å². The predicted octanol–water partition coefficient (Wildman–Crippen LogP) is 8.11. The maximum atomic E-state index is 13.9. The Morgan fingerprint density at radius 2 is 1.35 bits per heavy atom. The zero-order valence-corrected chi connectivity index (χ0v) is 37.2. The van der Waals surface area contributed by atoms with Gasteiger partial charge in [-0.05, 0) is 84.9 Å². The van der Waals surface area contributed by atoms with Crippen LogP contribution in [0, 0.1) is 23.5 Å². The third kappa shape index (κ3) is 6.89. The molecule has 0 saturated heterocycles. The van der Waals surface area contributed by atoms with Crippen molar-refractivity contribution >= 4 is 35.0 Å². The molecule has 6 heterocycles. The van der Waals surface area contributed by atoms with Crippen LogP contribution < -0.4 is 15.6 Å². The minimum atomic E-state index is -0.760. The molecule has 2 spiro atoms. The molecule has 0 bridgehead atoms. The molecule has 4 atom stereocenters. The van der Waals surface area contributed by atoms with Gasteiger partial charge in [0.25, 0.3) is 11.8 Å².